The van der Waals surface area contributed by atoms with E-state index in [0.29, 0.717) is 37.9 Å². The molecule has 2 aliphatic heterocycles. The van der Waals surface area contributed by atoms with Gasteiger partial charge in [-0.25, -0.2) is 4.98 Å². The third-order valence-electron chi connectivity index (χ3n) is 4.36. The van der Waals surface area contributed by atoms with Crippen molar-refractivity contribution in [1.29, 1.82) is 0 Å². The van der Waals surface area contributed by atoms with Crippen LogP contribution < -0.4 is 10.6 Å². The van der Waals surface area contributed by atoms with Crippen molar-refractivity contribution < 1.29 is 23.9 Å². The van der Waals surface area contributed by atoms with Crippen molar-refractivity contribution >= 4 is 34.3 Å². The third-order valence-corrected chi connectivity index (χ3v) is 5.36. The van der Waals surface area contributed by atoms with Gasteiger partial charge in [0.05, 0.1) is 18.8 Å². The van der Waals surface area contributed by atoms with Gasteiger partial charge in [-0.15, -0.1) is 11.3 Å². The van der Waals surface area contributed by atoms with Crippen LogP contribution in [0.2, 0.25) is 0 Å². The standard InChI is InChI=1S/C17H24N4O5S/c1-2-25-15(23)8-18-14(22)10-21-6-5-11-13(9-21)27-17(19-11)20-16(24)12-4-3-7-26-12/h12H,2-10H2,1H3,(H,18,22)(H,19,20,24). The molecular weight excluding hydrogens is 372 g/mol. The van der Waals surface area contributed by atoms with E-state index in [-0.39, 0.29) is 31.0 Å². The summed E-state index contributed by atoms with van der Waals surface area (Å²) in [6.07, 6.45) is 1.98. The van der Waals surface area contributed by atoms with Crippen molar-refractivity contribution in [2.45, 2.75) is 38.8 Å². The lowest BCUT2D eigenvalue weighted by Crippen LogP contribution is -2.41. The average molecular weight is 396 g/mol. The molecule has 2 N–H and O–H groups in total. The van der Waals surface area contributed by atoms with E-state index < -0.39 is 5.97 Å². The number of fused-ring (bicyclic) bond motifs is 1. The summed E-state index contributed by atoms with van der Waals surface area (Å²) in [5.41, 5.74) is 0.964. The van der Waals surface area contributed by atoms with E-state index >= 15 is 0 Å². The summed E-state index contributed by atoms with van der Waals surface area (Å²) in [5, 5.41) is 5.98. The Morgan fingerprint density at radius 2 is 2.26 bits per heavy atom. The molecule has 1 fully saturated rings. The fourth-order valence-electron chi connectivity index (χ4n) is 3.05. The van der Waals surface area contributed by atoms with Gasteiger partial charge in [0.2, 0.25) is 5.91 Å². The van der Waals surface area contributed by atoms with E-state index in [4.69, 9.17) is 9.47 Å². The van der Waals surface area contributed by atoms with Crippen LogP contribution in [-0.2, 0) is 36.8 Å². The minimum atomic E-state index is -0.444. The molecule has 0 radical (unpaired) electrons. The summed E-state index contributed by atoms with van der Waals surface area (Å²) >= 11 is 1.43. The highest BCUT2D eigenvalue weighted by molar-refractivity contribution is 7.15. The Labute approximate surface area is 161 Å². The van der Waals surface area contributed by atoms with Crippen molar-refractivity contribution in [3.63, 3.8) is 0 Å². The van der Waals surface area contributed by atoms with E-state index in [1.54, 1.807) is 6.92 Å². The zero-order valence-electron chi connectivity index (χ0n) is 15.3. The van der Waals surface area contributed by atoms with Crippen LogP contribution in [0.25, 0.3) is 0 Å². The number of rotatable bonds is 7. The number of anilines is 1. The number of carbonyl (C=O) groups is 3. The molecule has 1 aromatic rings. The Hall–Kier alpha value is -2.04. The molecule has 0 aromatic carbocycles. The number of nitrogens with zero attached hydrogens (tertiary/aromatic N) is 2. The number of ether oxygens (including phenoxy) is 2. The maximum atomic E-state index is 12.1. The first-order chi connectivity index (χ1) is 13.0. The predicted molar refractivity (Wildman–Crippen MR) is 98.3 cm³/mol. The van der Waals surface area contributed by atoms with Crippen molar-refractivity contribution in [3.8, 4) is 0 Å². The monoisotopic (exact) mass is 396 g/mol. The van der Waals surface area contributed by atoms with Crippen LogP contribution in [0, 0.1) is 0 Å². The van der Waals surface area contributed by atoms with Gasteiger partial charge in [-0.2, -0.15) is 0 Å². The molecule has 0 saturated carbocycles. The Morgan fingerprint density at radius 1 is 1.41 bits per heavy atom. The van der Waals surface area contributed by atoms with E-state index in [1.165, 1.54) is 11.3 Å². The Kier molecular flexibility index (Phi) is 6.75. The summed E-state index contributed by atoms with van der Waals surface area (Å²) in [4.78, 5) is 42.9. The maximum Gasteiger partial charge on any atom is 0.325 e. The van der Waals surface area contributed by atoms with Crippen LogP contribution in [0.1, 0.15) is 30.3 Å². The zero-order chi connectivity index (χ0) is 19.2. The van der Waals surface area contributed by atoms with Crippen molar-refractivity contribution in [2.75, 3.05) is 38.2 Å². The number of amides is 2. The molecule has 148 valence electrons. The van der Waals surface area contributed by atoms with Crippen LogP contribution in [0.4, 0.5) is 5.13 Å². The van der Waals surface area contributed by atoms with Gasteiger partial charge in [-0.05, 0) is 19.8 Å². The molecule has 3 rings (SSSR count). The average Bonchev–Trinajstić information content (AvgIpc) is 3.29. The molecular formula is C17H24N4O5S. The number of thiazole rings is 1. The van der Waals surface area contributed by atoms with E-state index in [0.717, 1.165) is 23.4 Å². The van der Waals surface area contributed by atoms with Gasteiger partial charge in [-0.3, -0.25) is 24.6 Å². The van der Waals surface area contributed by atoms with Gasteiger partial charge in [-0.1, -0.05) is 0 Å². The third kappa shape index (κ3) is 5.47. The second kappa shape index (κ2) is 9.25. The van der Waals surface area contributed by atoms with Crippen LogP contribution in [-0.4, -0.2) is 66.6 Å². The second-order valence-corrected chi connectivity index (χ2v) is 7.51. The minimum absolute atomic E-state index is 0.119. The van der Waals surface area contributed by atoms with Crippen LogP contribution in [0.3, 0.4) is 0 Å². The van der Waals surface area contributed by atoms with Gasteiger partial charge in [0.1, 0.15) is 12.6 Å². The normalized spacial score (nSPS) is 19.4. The van der Waals surface area contributed by atoms with Crippen molar-refractivity contribution in [3.05, 3.63) is 10.6 Å². The Balaban J connectivity index is 1.48. The van der Waals surface area contributed by atoms with Gasteiger partial charge in [0, 0.05) is 31.0 Å². The number of carbonyl (C=O) groups excluding carboxylic acids is 3. The summed E-state index contributed by atoms with van der Waals surface area (Å²) < 4.78 is 10.2. The first-order valence-electron chi connectivity index (χ1n) is 9.11. The summed E-state index contributed by atoms with van der Waals surface area (Å²) in [5.74, 6) is -0.808. The molecule has 1 unspecified atom stereocenters. The molecule has 0 aliphatic carbocycles. The molecule has 1 aromatic heterocycles. The Morgan fingerprint density at radius 3 is 3.00 bits per heavy atom. The number of hydrogen-bond donors (Lipinski definition) is 2. The van der Waals surface area contributed by atoms with Gasteiger partial charge >= 0.3 is 5.97 Å². The van der Waals surface area contributed by atoms with Crippen molar-refractivity contribution in [2.24, 2.45) is 0 Å². The first kappa shape index (κ1) is 19.7. The fourth-order valence-corrected chi connectivity index (χ4v) is 4.10. The molecule has 2 amide bonds. The lowest BCUT2D eigenvalue weighted by Gasteiger charge is -2.24. The quantitative estimate of drug-likeness (QED) is 0.638. The summed E-state index contributed by atoms with van der Waals surface area (Å²) in [6, 6.07) is 0. The number of aromatic nitrogens is 1. The highest BCUT2D eigenvalue weighted by Gasteiger charge is 2.26. The lowest BCUT2D eigenvalue weighted by atomic mass is 10.2. The lowest BCUT2D eigenvalue weighted by molar-refractivity contribution is -0.143. The fraction of sp³-hybridized carbons (Fsp3) is 0.647. The topological polar surface area (TPSA) is 110 Å². The van der Waals surface area contributed by atoms with Crippen LogP contribution in [0.5, 0.6) is 0 Å². The zero-order valence-corrected chi connectivity index (χ0v) is 16.1. The smallest absolute Gasteiger partial charge is 0.325 e. The molecule has 27 heavy (non-hydrogen) atoms. The highest BCUT2D eigenvalue weighted by atomic mass is 32.1. The number of nitrogens with one attached hydrogen (secondary N) is 2. The molecule has 9 nitrogen and oxygen atoms in total. The number of hydrogen-bond acceptors (Lipinski definition) is 8. The summed E-state index contributed by atoms with van der Waals surface area (Å²) in [6.45, 7) is 4.01. The molecule has 1 saturated heterocycles. The molecule has 0 spiro atoms. The molecule has 2 aliphatic rings. The SMILES string of the molecule is CCOC(=O)CNC(=O)CN1CCc2nc(NC(=O)C3CCCO3)sc2C1. The largest absolute Gasteiger partial charge is 0.465 e. The maximum absolute atomic E-state index is 12.1. The number of esters is 1. The van der Waals surface area contributed by atoms with Gasteiger partial charge < -0.3 is 14.8 Å². The Bertz CT molecular complexity index is 701. The van der Waals surface area contributed by atoms with E-state index in [9.17, 15) is 14.4 Å². The van der Waals surface area contributed by atoms with Gasteiger partial charge in [0.25, 0.3) is 5.91 Å². The van der Waals surface area contributed by atoms with Crippen LogP contribution in [0.15, 0.2) is 0 Å². The van der Waals surface area contributed by atoms with Crippen molar-refractivity contribution in [1.82, 2.24) is 15.2 Å². The van der Waals surface area contributed by atoms with E-state index in [1.807, 2.05) is 4.90 Å². The van der Waals surface area contributed by atoms with Crippen LogP contribution >= 0.6 is 11.3 Å². The molecule has 1 atom stereocenters. The molecule has 0 bridgehead atoms. The molecule has 3 heterocycles. The first-order valence-corrected chi connectivity index (χ1v) is 9.92. The van der Waals surface area contributed by atoms with Gasteiger partial charge in [0.15, 0.2) is 5.13 Å². The highest BCUT2D eigenvalue weighted by Crippen LogP contribution is 2.28. The predicted octanol–water partition coefficient (Wildman–Crippen LogP) is 0.298. The molecule has 10 heteroatoms. The second-order valence-electron chi connectivity index (χ2n) is 6.42. The summed E-state index contributed by atoms with van der Waals surface area (Å²) in [7, 11) is 0. The van der Waals surface area contributed by atoms with E-state index in [2.05, 4.69) is 15.6 Å². The minimum Gasteiger partial charge on any atom is -0.465 e.